The van der Waals surface area contributed by atoms with Gasteiger partial charge in [-0.25, -0.2) is 9.97 Å². The zero-order valence-electron chi connectivity index (χ0n) is 13.3. The van der Waals surface area contributed by atoms with Crippen molar-refractivity contribution in [3.63, 3.8) is 0 Å². The molecule has 22 heavy (non-hydrogen) atoms. The molecular weight excluding hydrogens is 276 g/mol. The summed E-state index contributed by atoms with van der Waals surface area (Å²) in [5.41, 5.74) is 4.19. The minimum atomic E-state index is 0.128. The van der Waals surface area contributed by atoms with Gasteiger partial charge in [0.05, 0.1) is 6.54 Å². The number of hydrogen-bond donors (Lipinski definition) is 0. The third kappa shape index (κ3) is 2.84. The molecule has 2 aromatic heterocycles. The molecule has 0 spiro atoms. The van der Waals surface area contributed by atoms with Gasteiger partial charge in [0, 0.05) is 24.5 Å². The second-order valence-electron chi connectivity index (χ2n) is 5.93. The zero-order valence-corrected chi connectivity index (χ0v) is 13.3. The smallest absolute Gasteiger partial charge is 0.180 e. The standard InChI is InChI=1S/C17H20N4O/c1-11-7-8-18-15(9-11)16-19-14-6-4-5-13(14)17(20-16)21(3)10-12(2)22/h7-9H,4-6,10H2,1-3H3. The van der Waals surface area contributed by atoms with E-state index in [2.05, 4.69) is 4.98 Å². The molecule has 0 aliphatic heterocycles. The van der Waals surface area contributed by atoms with Crippen molar-refractivity contribution in [2.24, 2.45) is 0 Å². The van der Waals surface area contributed by atoms with Gasteiger partial charge in [0.2, 0.25) is 0 Å². The van der Waals surface area contributed by atoms with Crippen LogP contribution >= 0.6 is 0 Å². The highest BCUT2D eigenvalue weighted by Crippen LogP contribution is 2.30. The number of anilines is 1. The first kappa shape index (κ1) is 14.6. The lowest BCUT2D eigenvalue weighted by molar-refractivity contribution is -0.115. The van der Waals surface area contributed by atoms with Crippen molar-refractivity contribution in [2.45, 2.75) is 33.1 Å². The van der Waals surface area contributed by atoms with E-state index in [0.717, 1.165) is 42.0 Å². The van der Waals surface area contributed by atoms with E-state index in [-0.39, 0.29) is 5.78 Å². The summed E-state index contributed by atoms with van der Waals surface area (Å²) in [6, 6.07) is 3.95. The molecule has 0 bridgehead atoms. The first-order chi connectivity index (χ1) is 10.5. The number of aryl methyl sites for hydroxylation is 2. The molecule has 0 saturated heterocycles. The molecule has 0 fully saturated rings. The van der Waals surface area contributed by atoms with Crippen molar-refractivity contribution < 1.29 is 4.79 Å². The summed E-state index contributed by atoms with van der Waals surface area (Å²) < 4.78 is 0. The van der Waals surface area contributed by atoms with E-state index >= 15 is 0 Å². The molecule has 3 rings (SSSR count). The minimum absolute atomic E-state index is 0.128. The molecular formula is C17H20N4O. The van der Waals surface area contributed by atoms with Crippen molar-refractivity contribution in [3.05, 3.63) is 35.2 Å². The maximum Gasteiger partial charge on any atom is 0.180 e. The number of carbonyl (C=O) groups is 1. The van der Waals surface area contributed by atoms with Gasteiger partial charge in [-0.05, 0) is 50.8 Å². The van der Waals surface area contributed by atoms with Crippen LogP contribution in [0.25, 0.3) is 11.5 Å². The number of likely N-dealkylation sites (N-methyl/N-ethyl adjacent to an activating group) is 1. The number of carbonyl (C=O) groups excluding carboxylic acids is 1. The van der Waals surface area contributed by atoms with Crippen molar-refractivity contribution in [3.8, 4) is 11.5 Å². The second kappa shape index (κ2) is 5.83. The molecule has 0 radical (unpaired) electrons. The first-order valence-electron chi connectivity index (χ1n) is 7.58. The fourth-order valence-corrected chi connectivity index (χ4v) is 2.91. The van der Waals surface area contributed by atoms with E-state index in [9.17, 15) is 4.79 Å². The summed E-state index contributed by atoms with van der Waals surface area (Å²) >= 11 is 0. The number of fused-ring (bicyclic) bond motifs is 1. The van der Waals surface area contributed by atoms with E-state index in [1.54, 1.807) is 13.1 Å². The molecule has 2 heterocycles. The Morgan fingerprint density at radius 2 is 2.14 bits per heavy atom. The van der Waals surface area contributed by atoms with Crippen LogP contribution < -0.4 is 4.90 Å². The number of rotatable bonds is 4. The average Bonchev–Trinajstić information content (AvgIpc) is 2.93. The maximum atomic E-state index is 11.4. The van der Waals surface area contributed by atoms with E-state index in [1.165, 1.54) is 5.56 Å². The van der Waals surface area contributed by atoms with Crippen LogP contribution in [0.5, 0.6) is 0 Å². The molecule has 5 heteroatoms. The second-order valence-corrected chi connectivity index (χ2v) is 5.93. The largest absolute Gasteiger partial charge is 0.352 e. The number of nitrogens with zero attached hydrogens (tertiary/aromatic N) is 4. The van der Waals surface area contributed by atoms with Crippen LogP contribution in [0, 0.1) is 6.92 Å². The third-order valence-corrected chi connectivity index (χ3v) is 3.88. The summed E-state index contributed by atoms with van der Waals surface area (Å²) in [4.78, 5) is 27.2. The molecule has 0 saturated carbocycles. The van der Waals surface area contributed by atoms with Crippen LogP contribution in [0.15, 0.2) is 18.3 Å². The highest BCUT2D eigenvalue weighted by atomic mass is 16.1. The Kier molecular flexibility index (Phi) is 3.88. The molecule has 0 aromatic carbocycles. The van der Waals surface area contributed by atoms with Crippen molar-refractivity contribution >= 4 is 11.6 Å². The highest BCUT2D eigenvalue weighted by molar-refractivity contribution is 5.81. The summed E-state index contributed by atoms with van der Waals surface area (Å²) in [6.07, 6.45) is 4.82. The van der Waals surface area contributed by atoms with Gasteiger partial charge in [0.25, 0.3) is 0 Å². The SMILES string of the molecule is CC(=O)CN(C)c1nc(-c2cc(C)ccn2)nc2c1CCC2. The van der Waals surface area contributed by atoms with Gasteiger partial charge in [-0.2, -0.15) is 0 Å². The van der Waals surface area contributed by atoms with E-state index < -0.39 is 0 Å². The number of aromatic nitrogens is 3. The molecule has 0 atom stereocenters. The fourth-order valence-electron chi connectivity index (χ4n) is 2.91. The van der Waals surface area contributed by atoms with Gasteiger partial charge in [-0.15, -0.1) is 0 Å². The Morgan fingerprint density at radius 3 is 2.86 bits per heavy atom. The topological polar surface area (TPSA) is 59.0 Å². The summed E-state index contributed by atoms with van der Waals surface area (Å²) in [5, 5.41) is 0. The zero-order chi connectivity index (χ0) is 15.7. The van der Waals surface area contributed by atoms with E-state index in [1.807, 2.05) is 31.0 Å². The Bertz CT molecular complexity index is 727. The normalized spacial score (nSPS) is 13.0. The van der Waals surface area contributed by atoms with Crippen LogP contribution in [0.4, 0.5) is 5.82 Å². The van der Waals surface area contributed by atoms with Gasteiger partial charge in [0.15, 0.2) is 5.82 Å². The lowest BCUT2D eigenvalue weighted by atomic mass is 10.2. The van der Waals surface area contributed by atoms with E-state index in [4.69, 9.17) is 9.97 Å². The number of ketones is 1. The Labute approximate surface area is 130 Å². The first-order valence-corrected chi connectivity index (χ1v) is 7.58. The van der Waals surface area contributed by atoms with Gasteiger partial charge in [-0.1, -0.05) is 0 Å². The number of pyridine rings is 1. The molecule has 0 amide bonds. The van der Waals surface area contributed by atoms with Crippen LogP contribution in [0.3, 0.4) is 0 Å². The maximum absolute atomic E-state index is 11.4. The average molecular weight is 296 g/mol. The van der Waals surface area contributed by atoms with Crippen molar-refractivity contribution in [2.75, 3.05) is 18.5 Å². The fraction of sp³-hybridized carbons (Fsp3) is 0.412. The molecule has 1 aliphatic carbocycles. The summed E-state index contributed by atoms with van der Waals surface area (Å²) in [6.45, 7) is 3.99. The Morgan fingerprint density at radius 1 is 1.32 bits per heavy atom. The molecule has 0 N–H and O–H groups in total. The number of hydrogen-bond acceptors (Lipinski definition) is 5. The molecule has 1 aliphatic rings. The summed E-state index contributed by atoms with van der Waals surface area (Å²) in [7, 11) is 1.91. The molecule has 5 nitrogen and oxygen atoms in total. The predicted octanol–water partition coefficient (Wildman–Crippen LogP) is 2.36. The minimum Gasteiger partial charge on any atom is -0.352 e. The Hall–Kier alpha value is -2.30. The summed E-state index contributed by atoms with van der Waals surface area (Å²) in [5.74, 6) is 1.65. The van der Waals surface area contributed by atoms with Crippen LogP contribution in [0.2, 0.25) is 0 Å². The number of Topliss-reactive ketones (excluding diaryl/α,β-unsaturated/α-hetero) is 1. The monoisotopic (exact) mass is 296 g/mol. The predicted molar refractivity (Wildman–Crippen MR) is 86.0 cm³/mol. The van der Waals surface area contributed by atoms with Gasteiger partial charge in [-0.3, -0.25) is 9.78 Å². The lowest BCUT2D eigenvalue weighted by Gasteiger charge is -2.20. The molecule has 2 aromatic rings. The molecule has 0 unspecified atom stereocenters. The van der Waals surface area contributed by atoms with Gasteiger partial charge < -0.3 is 4.90 Å². The lowest BCUT2D eigenvalue weighted by Crippen LogP contribution is -2.26. The van der Waals surface area contributed by atoms with Crippen LogP contribution in [-0.2, 0) is 17.6 Å². The molecule has 114 valence electrons. The van der Waals surface area contributed by atoms with Crippen molar-refractivity contribution in [1.29, 1.82) is 0 Å². The van der Waals surface area contributed by atoms with Gasteiger partial charge in [0.1, 0.15) is 17.3 Å². The van der Waals surface area contributed by atoms with Crippen LogP contribution in [-0.4, -0.2) is 34.3 Å². The Balaban J connectivity index is 2.08. The van der Waals surface area contributed by atoms with Crippen molar-refractivity contribution in [1.82, 2.24) is 15.0 Å². The highest BCUT2D eigenvalue weighted by Gasteiger charge is 2.22. The quantitative estimate of drug-likeness (QED) is 0.867. The third-order valence-electron chi connectivity index (χ3n) is 3.88. The van der Waals surface area contributed by atoms with Gasteiger partial charge >= 0.3 is 0 Å². The van der Waals surface area contributed by atoms with E-state index in [0.29, 0.717) is 12.4 Å². The van der Waals surface area contributed by atoms with Crippen LogP contribution in [0.1, 0.15) is 30.2 Å².